The number of nitrogens with zero attached hydrogens (tertiary/aromatic N) is 1. The third kappa shape index (κ3) is 1.94. The third-order valence-corrected chi connectivity index (χ3v) is 1.77. The zero-order valence-corrected chi connectivity index (χ0v) is 6.71. The molecule has 0 saturated carbocycles. The highest BCUT2D eigenvalue weighted by atomic mass is 16.5. The van der Waals surface area contributed by atoms with Crippen LogP contribution in [0.2, 0.25) is 0 Å². The summed E-state index contributed by atoms with van der Waals surface area (Å²) in [5.41, 5.74) is 5.48. The minimum atomic E-state index is 0.244. The lowest BCUT2D eigenvalue weighted by Crippen LogP contribution is -2.47. The molecule has 0 amide bonds. The molecule has 10 heavy (non-hydrogen) atoms. The van der Waals surface area contributed by atoms with E-state index in [9.17, 15) is 0 Å². The molecule has 1 fully saturated rings. The van der Waals surface area contributed by atoms with E-state index in [1.807, 2.05) is 0 Å². The van der Waals surface area contributed by atoms with Crippen molar-refractivity contribution in [3.8, 4) is 0 Å². The molecule has 60 valence electrons. The molecule has 3 nitrogen and oxygen atoms in total. The monoisotopic (exact) mass is 144 g/mol. The fourth-order valence-electron chi connectivity index (χ4n) is 1.41. The summed E-state index contributed by atoms with van der Waals surface area (Å²) >= 11 is 0. The van der Waals surface area contributed by atoms with E-state index in [1.165, 1.54) is 0 Å². The highest BCUT2D eigenvalue weighted by Gasteiger charge is 2.20. The molecular weight excluding hydrogens is 128 g/mol. The topological polar surface area (TPSA) is 38.5 Å². The Morgan fingerprint density at radius 3 is 2.80 bits per heavy atom. The van der Waals surface area contributed by atoms with Crippen LogP contribution in [0.15, 0.2) is 0 Å². The van der Waals surface area contributed by atoms with Gasteiger partial charge in [-0.2, -0.15) is 0 Å². The molecule has 0 aromatic rings. The Balaban J connectivity index is 2.35. The van der Waals surface area contributed by atoms with Crippen molar-refractivity contribution in [3.63, 3.8) is 0 Å². The Morgan fingerprint density at radius 2 is 2.30 bits per heavy atom. The van der Waals surface area contributed by atoms with E-state index in [-0.39, 0.29) is 6.10 Å². The van der Waals surface area contributed by atoms with Crippen molar-refractivity contribution in [2.24, 2.45) is 5.73 Å². The molecule has 0 bridgehead atoms. The first-order chi connectivity index (χ1) is 4.72. The number of nitrogens with two attached hydrogens (primary N) is 1. The van der Waals surface area contributed by atoms with Crippen molar-refractivity contribution < 1.29 is 4.74 Å². The van der Waals surface area contributed by atoms with Gasteiger partial charge >= 0.3 is 0 Å². The maximum Gasteiger partial charge on any atom is 0.0828 e. The normalized spacial score (nSPS) is 36.3. The second-order valence-electron chi connectivity index (χ2n) is 3.03. The quantitative estimate of drug-likeness (QED) is 0.547. The van der Waals surface area contributed by atoms with Gasteiger partial charge in [0.2, 0.25) is 0 Å². The molecule has 0 aromatic heterocycles. The number of hydrogen-bond donors (Lipinski definition) is 1. The van der Waals surface area contributed by atoms with Gasteiger partial charge in [-0.1, -0.05) is 0 Å². The van der Waals surface area contributed by atoms with E-state index in [0.717, 1.165) is 13.1 Å². The average molecular weight is 144 g/mol. The summed E-state index contributed by atoms with van der Waals surface area (Å²) in [5.74, 6) is 0. The van der Waals surface area contributed by atoms with Gasteiger partial charge in [-0.25, -0.2) is 0 Å². The van der Waals surface area contributed by atoms with Gasteiger partial charge in [-0.3, -0.25) is 0 Å². The number of morpholine rings is 1. The van der Waals surface area contributed by atoms with E-state index in [1.54, 1.807) is 0 Å². The summed E-state index contributed by atoms with van der Waals surface area (Å²) in [6, 6.07) is 0. The van der Waals surface area contributed by atoms with Crippen molar-refractivity contribution in [1.29, 1.82) is 0 Å². The molecule has 1 heterocycles. The second-order valence-corrected chi connectivity index (χ2v) is 3.03. The fourth-order valence-corrected chi connectivity index (χ4v) is 1.41. The van der Waals surface area contributed by atoms with Crippen LogP contribution >= 0.6 is 0 Å². The molecule has 1 rings (SSSR count). The molecule has 1 aliphatic heterocycles. The van der Waals surface area contributed by atoms with Crippen LogP contribution in [0.5, 0.6) is 0 Å². The molecule has 0 spiro atoms. The van der Waals surface area contributed by atoms with Crippen LogP contribution in [-0.4, -0.2) is 43.8 Å². The molecule has 1 saturated heterocycles. The van der Waals surface area contributed by atoms with Crippen LogP contribution in [0.25, 0.3) is 0 Å². The number of likely N-dealkylation sites (N-methyl/N-ethyl adjacent to an activating group) is 1. The summed E-state index contributed by atoms with van der Waals surface area (Å²) in [7, 11) is 2.10. The highest BCUT2D eigenvalue weighted by molar-refractivity contribution is 4.73. The summed E-state index contributed by atoms with van der Waals surface area (Å²) in [6.07, 6.45) is 0.584. The van der Waals surface area contributed by atoms with Gasteiger partial charge in [0.1, 0.15) is 0 Å². The Labute approximate surface area is 62.1 Å². The Bertz CT molecular complexity index is 97.8. The standard InChI is InChI=1S/C7H16N2O/c1-6-4-9(2)5-7(3-8)10-6/h6-7H,3-5,8H2,1-2H3. The van der Waals surface area contributed by atoms with Gasteiger partial charge < -0.3 is 15.4 Å². The lowest BCUT2D eigenvalue weighted by Gasteiger charge is -2.33. The van der Waals surface area contributed by atoms with Crippen LogP contribution in [0.3, 0.4) is 0 Å². The molecule has 1 aliphatic rings. The number of ether oxygens (including phenoxy) is 1. The molecule has 2 unspecified atom stereocenters. The van der Waals surface area contributed by atoms with Crippen molar-refractivity contribution in [1.82, 2.24) is 4.90 Å². The van der Waals surface area contributed by atoms with Crippen LogP contribution < -0.4 is 5.73 Å². The largest absolute Gasteiger partial charge is 0.371 e. The average Bonchev–Trinajstić information content (AvgIpc) is 1.85. The van der Waals surface area contributed by atoms with Crippen molar-refractivity contribution in [3.05, 3.63) is 0 Å². The number of hydrogen-bond acceptors (Lipinski definition) is 3. The van der Waals surface area contributed by atoms with Crippen LogP contribution in [-0.2, 0) is 4.74 Å². The second kappa shape index (κ2) is 3.32. The molecule has 3 heteroatoms. The van der Waals surface area contributed by atoms with Crippen molar-refractivity contribution in [2.75, 3.05) is 26.7 Å². The molecular formula is C7H16N2O. The predicted molar refractivity (Wildman–Crippen MR) is 40.9 cm³/mol. The molecule has 0 radical (unpaired) electrons. The van der Waals surface area contributed by atoms with Crippen LogP contribution in [0, 0.1) is 0 Å². The third-order valence-electron chi connectivity index (χ3n) is 1.77. The Kier molecular flexibility index (Phi) is 2.65. The van der Waals surface area contributed by atoms with E-state index >= 15 is 0 Å². The molecule has 0 aromatic carbocycles. The zero-order chi connectivity index (χ0) is 7.56. The Morgan fingerprint density at radius 1 is 1.60 bits per heavy atom. The fraction of sp³-hybridized carbons (Fsp3) is 1.00. The maximum atomic E-state index is 5.54. The zero-order valence-electron chi connectivity index (χ0n) is 6.71. The summed E-state index contributed by atoms with van der Waals surface area (Å²) in [5, 5.41) is 0. The van der Waals surface area contributed by atoms with E-state index in [0.29, 0.717) is 12.6 Å². The first kappa shape index (κ1) is 7.98. The van der Waals surface area contributed by atoms with Crippen molar-refractivity contribution >= 4 is 0 Å². The van der Waals surface area contributed by atoms with E-state index in [4.69, 9.17) is 10.5 Å². The van der Waals surface area contributed by atoms with Gasteiger partial charge in [0.15, 0.2) is 0 Å². The lowest BCUT2D eigenvalue weighted by atomic mass is 10.2. The summed E-state index contributed by atoms with van der Waals surface area (Å²) in [6.45, 7) is 4.71. The smallest absolute Gasteiger partial charge is 0.0828 e. The highest BCUT2D eigenvalue weighted by Crippen LogP contribution is 2.07. The summed E-state index contributed by atoms with van der Waals surface area (Å²) < 4.78 is 5.54. The van der Waals surface area contributed by atoms with Gasteiger partial charge in [0, 0.05) is 19.6 Å². The van der Waals surface area contributed by atoms with Crippen LogP contribution in [0.4, 0.5) is 0 Å². The summed E-state index contributed by atoms with van der Waals surface area (Å²) in [4.78, 5) is 2.26. The SMILES string of the molecule is CC1CN(C)CC(CN)O1. The van der Waals surface area contributed by atoms with Gasteiger partial charge in [-0.15, -0.1) is 0 Å². The predicted octanol–water partition coefficient (Wildman–Crippen LogP) is -0.336. The molecule has 2 atom stereocenters. The first-order valence-electron chi connectivity index (χ1n) is 3.76. The van der Waals surface area contributed by atoms with Crippen LogP contribution in [0.1, 0.15) is 6.92 Å². The van der Waals surface area contributed by atoms with E-state index < -0.39 is 0 Å². The van der Waals surface area contributed by atoms with Gasteiger partial charge in [0.25, 0.3) is 0 Å². The molecule has 2 N–H and O–H groups in total. The Hall–Kier alpha value is -0.120. The first-order valence-corrected chi connectivity index (χ1v) is 3.76. The lowest BCUT2D eigenvalue weighted by molar-refractivity contribution is -0.0644. The van der Waals surface area contributed by atoms with Gasteiger partial charge in [-0.05, 0) is 14.0 Å². The molecule has 0 aliphatic carbocycles. The minimum absolute atomic E-state index is 0.244. The van der Waals surface area contributed by atoms with Crippen molar-refractivity contribution in [2.45, 2.75) is 19.1 Å². The maximum absolute atomic E-state index is 5.54. The number of rotatable bonds is 1. The van der Waals surface area contributed by atoms with Gasteiger partial charge in [0.05, 0.1) is 12.2 Å². The minimum Gasteiger partial charge on any atom is -0.371 e. The van der Waals surface area contributed by atoms with E-state index in [2.05, 4.69) is 18.9 Å².